The van der Waals surface area contributed by atoms with Crippen LogP contribution in [0.2, 0.25) is 0 Å². The van der Waals surface area contributed by atoms with E-state index in [1.165, 1.54) is 17.0 Å². The molecule has 3 aliphatic heterocycles. The maximum Gasteiger partial charge on any atom is 0.227 e. The third kappa shape index (κ3) is 3.17. The summed E-state index contributed by atoms with van der Waals surface area (Å²) in [5.41, 5.74) is 1.19. The molecule has 2 fully saturated rings. The summed E-state index contributed by atoms with van der Waals surface area (Å²) in [6, 6.07) is 0. The smallest absolute Gasteiger partial charge is 0.227 e. The molecule has 0 spiro atoms. The first-order chi connectivity index (χ1) is 11.8. The maximum absolute atomic E-state index is 11.0. The zero-order chi connectivity index (χ0) is 16.4. The normalized spacial score (nSPS) is 21.6. The highest BCUT2D eigenvalue weighted by Crippen LogP contribution is 2.37. The summed E-state index contributed by atoms with van der Waals surface area (Å²) in [4.78, 5) is 28.4. The standard InChI is InChI=1S/C16H23N5O2S/c22-12-19-3-5-20(6-4-19)15-14-13(2-1-11-24-14)17-16(18-15)21-7-9-23-10-8-21/h12H,1-11H2. The molecule has 0 saturated carbocycles. The molecule has 1 amide bonds. The van der Waals surface area contributed by atoms with Crippen molar-refractivity contribution in [1.29, 1.82) is 0 Å². The zero-order valence-corrected chi connectivity index (χ0v) is 14.6. The Kier molecular flexibility index (Phi) is 4.75. The van der Waals surface area contributed by atoms with E-state index in [9.17, 15) is 4.79 Å². The maximum atomic E-state index is 11.0. The van der Waals surface area contributed by atoms with Crippen LogP contribution in [0.3, 0.4) is 0 Å². The van der Waals surface area contributed by atoms with Crippen molar-refractivity contribution >= 4 is 29.9 Å². The van der Waals surface area contributed by atoms with Gasteiger partial charge in [-0.25, -0.2) is 4.98 Å². The Morgan fingerprint density at radius 3 is 2.54 bits per heavy atom. The highest BCUT2D eigenvalue weighted by Gasteiger charge is 2.26. The summed E-state index contributed by atoms with van der Waals surface area (Å²) in [5.74, 6) is 3.04. The number of anilines is 2. The molecule has 0 aromatic carbocycles. The van der Waals surface area contributed by atoms with Crippen molar-refractivity contribution in [3.63, 3.8) is 0 Å². The third-order valence-corrected chi connectivity index (χ3v) is 5.97. The van der Waals surface area contributed by atoms with E-state index in [-0.39, 0.29) is 0 Å². The SMILES string of the molecule is O=CN1CCN(c2nc(N3CCOCC3)nc3c2SCCC3)CC1. The van der Waals surface area contributed by atoms with Gasteiger partial charge in [-0.2, -0.15) is 4.98 Å². The third-order valence-electron chi connectivity index (χ3n) is 4.77. The monoisotopic (exact) mass is 349 g/mol. The average molecular weight is 349 g/mol. The minimum atomic E-state index is 0.739. The summed E-state index contributed by atoms with van der Waals surface area (Å²) in [6.45, 7) is 6.38. The van der Waals surface area contributed by atoms with Gasteiger partial charge in [0.1, 0.15) is 5.82 Å². The largest absolute Gasteiger partial charge is 0.378 e. The van der Waals surface area contributed by atoms with E-state index in [1.54, 1.807) is 0 Å². The van der Waals surface area contributed by atoms with Gasteiger partial charge in [-0.1, -0.05) is 0 Å². The van der Waals surface area contributed by atoms with Crippen LogP contribution >= 0.6 is 11.8 Å². The molecule has 1 aromatic rings. The number of hydrogen-bond donors (Lipinski definition) is 0. The van der Waals surface area contributed by atoms with Gasteiger partial charge >= 0.3 is 0 Å². The number of amides is 1. The van der Waals surface area contributed by atoms with Crippen LogP contribution in [0, 0.1) is 0 Å². The lowest BCUT2D eigenvalue weighted by molar-refractivity contribution is -0.118. The van der Waals surface area contributed by atoms with Crippen LogP contribution in [0.15, 0.2) is 4.90 Å². The van der Waals surface area contributed by atoms with Gasteiger partial charge in [0.2, 0.25) is 12.4 Å². The van der Waals surface area contributed by atoms with Crippen LogP contribution in [0.1, 0.15) is 12.1 Å². The molecule has 0 radical (unpaired) electrons. The summed E-state index contributed by atoms with van der Waals surface area (Å²) < 4.78 is 5.45. The Balaban J connectivity index is 1.64. The first kappa shape index (κ1) is 16.0. The fourth-order valence-electron chi connectivity index (χ4n) is 3.36. The van der Waals surface area contributed by atoms with E-state index in [1.807, 2.05) is 16.7 Å². The molecule has 0 N–H and O–H groups in total. The number of carbonyl (C=O) groups excluding carboxylic acids is 1. The number of ether oxygens (including phenoxy) is 1. The Bertz CT molecular complexity index is 600. The fraction of sp³-hybridized carbons (Fsp3) is 0.688. The van der Waals surface area contributed by atoms with Gasteiger partial charge in [0, 0.05) is 39.3 Å². The van der Waals surface area contributed by atoms with Gasteiger partial charge in [-0.3, -0.25) is 4.79 Å². The molecule has 0 aliphatic carbocycles. The Morgan fingerprint density at radius 2 is 1.79 bits per heavy atom. The lowest BCUT2D eigenvalue weighted by Gasteiger charge is -2.36. The van der Waals surface area contributed by atoms with Gasteiger partial charge in [0.15, 0.2) is 0 Å². The van der Waals surface area contributed by atoms with Gasteiger partial charge < -0.3 is 19.4 Å². The van der Waals surface area contributed by atoms with Crippen LogP contribution in [0.5, 0.6) is 0 Å². The lowest BCUT2D eigenvalue weighted by Crippen LogP contribution is -2.46. The molecular weight excluding hydrogens is 326 g/mol. The molecule has 0 unspecified atom stereocenters. The van der Waals surface area contributed by atoms with Gasteiger partial charge in [0.25, 0.3) is 0 Å². The van der Waals surface area contributed by atoms with Gasteiger partial charge in [-0.05, 0) is 18.6 Å². The molecule has 2 saturated heterocycles. The predicted octanol–water partition coefficient (Wildman–Crippen LogP) is 0.630. The van der Waals surface area contributed by atoms with Crippen LogP contribution < -0.4 is 9.80 Å². The second-order valence-electron chi connectivity index (χ2n) is 6.30. The van der Waals surface area contributed by atoms with E-state index < -0.39 is 0 Å². The molecular formula is C16H23N5O2S. The molecule has 0 bridgehead atoms. The topological polar surface area (TPSA) is 61.8 Å². The van der Waals surface area contributed by atoms with E-state index >= 15 is 0 Å². The average Bonchev–Trinajstić information content (AvgIpc) is 2.68. The summed E-state index contributed by atoms with van der Waals surface area (Å²) in [7, 11) is 0. The van der Waals surface area contributed by atoms with Crippen LogP contribution in [-0.4, -0.2) is 79.5 Å². The molecule has 4 heterocycles. The molecule has 1 aromatic heterocycles. The summed E-state index contributed by atoms with van der Waals surface area (Å²) in [5, 5.41) is 0. The minimum absolute atomic E-state index is 0.739. The van der Waals surface area contributed by atoms with Crippen molar-refractivity contribution in [3.8, 4) is 0 Å². The van der Waals surface area contributed by atoms with E-state index in [0.717, 1.165) is 82.8 Å². The number of carbonyl (C=O) groups is 1. The second kappa shape index (κ2) is 7.14. The Hall–Kier alpha value is -1.54. The molecule has 7 nitrogen and oxygen atoms in total. The number of aryl methyl sites for hydroxylation is 1. The molecule has 130 valence electrons. The van der Waals surface area contributed by atoms with Crippen molar-refractivity contribution in [2.75, 3.05) is 68.0 Å². The van der Waals surface area contributed by atoms with Crippen molar-refractivity contribution in [2.45, 2.75) is 17.7 Å². The minimum Gasteiger partial charge on any atom is -0.378 e. The van der Waals surface area contributed by atoms with Gasteiger partial charge in [-0.15, -0.1) is 11.8 Å². The Labute approximate surface area is 146 Å². The number of hydrogen-bond acceptors (Lipinski definition) is 7. The van der Waals surface area contributed by atoms with E-state index in [4.69, 9.17) is 14.7 Å². The predicted molar refractivity (Wildman–Crippen MR) is 94.0 cm³/mol. The molecule has 3 aliphatic rings. The highest BCUT2D eigenvalue weighted by molar-refractivity contribution is 7.99. The zero-order valence-electron chi connectivity index (χ0n) is 13.8. The number of nitrogens with zero attached hydrogens (tertiary/aromatic N) is 5. The van der Waals surface area contributed by atoms with Crippen LogP contribution in [0.25, 0.3) is 0 Å². The molecule has 8 heteroatoms. The van der Waals surface area contributed by atoms with Crippen molar-refractivity contribution in [3.05, 3.63) is 5.69 Å². The Morgan fingerprint density at radius 1 is 1.00 bits per heavy atom. The first-order valence-electron chi connectivity index (χ1n) is 8.66. The number of aromatic nitrogens is 2. The van der Waals surface area contributed by atoms with Crippen molar-refractivity contribution in [1.82, 2.24) is 14.9 Å². The molecule has 4 rings (SSSR count). The highest BCUT2D eigenvalue weighted by atomic mass is 32.2. The number of thioether (sulfide) groups is 1. The van der Waals surface area contributed by atoms with Crippen molar-refractivity contribution < 1.29 is 9.53 Å². The van der Waals surface area contributed by atoms with Crippen molar-refractivity contribution in [2.24, 2.45) is 0 Å². The lowest BCUT2D eigenvalue weighted by atomic mass is 10.2. The van der Waals surface area contributed by atoms with Gasteiger partial charge in [0.05, 0.1) is 23.8 Å². The summed E-state index contributed by atoms with van der Waals surface area (Å²) >= 11 is 1.88. The molecule has 24 heavy (non-hydrogen) atoms. The quantitative estimate of drug-likeness (QED) is 0.742. The van der Waals surface area contributed by atoms with Crippen LogP contribution in [-0.2, 0) is 16.0 Å². The number of rotatable bonds is 3. The number of morpholine rings is 1. The van der Waals surface area contributed by atoms with Crippen LogP contribution in [0.4, 0.5) is 11.8 Å². The second-order valence-corrected chi connectivity index (χ2v) is 7.41. The number of piperazine rings is 1. The summed E-state index contributed by atoms with van der Waals surface area (Å²) in [6.07, 6.45) is 3.15. The first-order valence-corrected chi connectivity index (χ1v) is 9.64. The number of fused-ring (bicyclic) bond motifs is 1. The molecule has 0 atom stereocenters. The van der Waals surface area contributed by atoms with E-state index in [0.29, 0.717) is 0 Å². The van der Waals surface area contributed by atoms with E-state index in [2.05, 4.69) is 9.80 Å². The fourth-order valence-corrected chi connectivity index (χ4v) is 4.47.